The first-order chi connectivity index (χ1) is 9.48. The maximum absolute atomic E-state index is 5.84. The Morgan fingerprint density at radius 3 is 2.60 bits per heavy atom. The molecule has 0 radical (unpaired) electrons. The first kappa shape index (κ1) is 15.3. The Morgan fingerprint density at radius 2 is 1.95 bits per heavy atom. The van der Waals surface area contributed by atoms with Crippen LogP contribution in [0.15, 0.2) is 24.3 Å². The summed E-state index contributed by atoms with van der Waals surface area (Å²) in [5.74, 6) is 0.789. The molecule has 1 heterocycles. The Balaban J connectivity index is 1.81. The van der Waals surface area contributed by atoms with Crippen LogP contribution in [-0.2, 0) is 0 Å². The van der Waals surface area contributed by atoms with Crippen LogP contribution in [0.5, 0.6) is 5.75 Å². The summed E-state index contributed by atoms with van der Waals surface area (Å²) < 4.78 is 5.84. The molecule has 1 aliphatic rings. The summed E-state index contributed by atoms with van der Waals surface area (Å²) in [5.41, 5.74) is 7.02. The molecule has 1 fully saturated rings. The van der Waals surface area contributed by atoms with E-state index in [-0.39, 0.29) is 0 Å². The monoisotopic (exact) mass is 292 g/mol. The SMILES string of the molecule is CC1(C)CCN(CCOc2ccccc2C(N)=S)CC1. The molecule has 0 amide bonds. The van der Waals surface area contributed by atoms with Crippen molar-refractivity contribution in [1.82, 2.24) is 4.90 Å². The van der Waals surface area contributed by atoms with Crippen LogP contribution in [0, 0.1) is 5.41 Å². The van der Waals surface area contributed by atoms with Gasteiger partial charge in [-0.3, -0.25) is 4.90 Å². The number of rotatable bonds is 5. The van der Waals surface area contributed by atoms with Gasteiger partial charge in [0.1, 0.15) is 17.3 Å². The number of ether oxygens (including phenoxy) is 1. The van der Waals surface area contributed by atoms with Gasteiger partial charge in [-0.05, 0) is 43.5 Å². The van der Waals surface area contributed by atoms with Gasteiger partial charge >= 0.3 is 0 Å². The Labute approximate surface area is 127 Å². The van der Waals surface area contributed by atoms with Gasteiger partial charge < -0.3 is 10.5 Å². The molecule has 4 heteroatoms. The molecule has 0 bridgehead atoms. The fourth-order valence-electron chi connectivity index (χ4n) is 2.46. The lowest BCUT2D eigenvalue weighted by Crippen LogP contribution is -2.39. The van der Waals surface area contributed by atoms with Crippen LogP contribution in [0.2, 0.25) is 0 Å². The normalized spacial score (nSPS) is 18.7. The fraction of sp³-hybridized carbons (Fsp3) is 0.562. The van der Waals surface area contributed by atoms with Gasteiger partial charge in [0, 0.05) is 6.54 Å². The van der Waals surface area contributed by atoms with Gasteiger partial charge in [-0.1, -0.05) is 38.2 Å². The van der Waals surface area contributed by atoms with Crippen molar-refractivity contribution < 1.29 is 4.74 Å². The summed E-state index contributed by atoms with van der Waals surface area (Å²) in [4.78, 5) is 2.86. The number of nitrogens with zero attached hydrogens (tertiary/aromatic N) is 1. The third-order valence-corrected chi connectivity index (χ3v) is 4.25. The molecule has 2 N–H and O–H groups in total. The van der Waals surface area contributed by atoms with Gasteiger partial charge in [0.05, 0.1) is 5.56 Å². The van der Waals surface area contributed by atoms with Crippen molar-refractivity contribution >= 4 is 17.2 Å². The first-order valence-corrected chi connectivity index (χ1v) is 7.63. The number of thiocarbonyl (C=S) groups is 1. The molecule has 0 saturated carbocycles. The minimum absolute atomic E-state index is 0.389. The van der Waals surface area contributed by atoms with Crippen molar-refractivity contribution in [2.24, 2.45) is 11.1 Å². The highest BCUT2D eigenvalue weighted by molar-refractivity contribution is 7.80. The Hall–Kier alpha value is -1.13. The number of para-hydroxylation sites is 1. The molecule has 2 rings (SSSR count). The fourth-order valence-corrected chi connectivity index (χ4v) is 2.63. The van der Waals surface area contributed by atoms with E-state index in [1.165, 1.54) is 12.8 Å². The Morgan fingerprint density at radius 1 is 1.30 bits per heavy atom. The Kier molecular flexibility index (Phi) is 5.00. The van der Waals surface area contributed by atoms with E-state index in [2.05, 4.69) is 18.7 Å². The molecule has 20 heavy (non-hydrogen) atoms. The number of nitrogens with two attached hydrogens (primary N) is 1. The standard InChI is InChI=1S/C16H24N2OS/c1-16(2)7-9-18(10-8-16)11-12-19-14-6-4-3-5-13(14)15(17)20/h3-6H,7-12H2,1-2H3,(H2,17,20). The summed E-state index contributed by atoms with van der Waals surface area (Å²) in [6, 6.07) is 7.70. The molecule has 0 unspecified atom stereocenters. The van der Waals surface area contributed by atoms with Gasteiger partial charge in [-0.15, -0.1) is 0 Å². The maximum Gasteiger partial charge on any atom is 0.129 e. The van der Waals surface area contributed by atoms with Crippen molar-refractivity contribution in [2.45, 2.75) is 26.7 Å². The summed E-state index contributed by atoms with van der Waals surface area (Å²) in [6.07, 6.45) is 2.52. The van der Waals surface area contributed by atoms with Crippen LogP contribution in [0.25, 0.3) is 0 Å². The molecule has 0 atom stereocenters. The predicted molar refractivity (Wildman–Crippen MR) is 87.3 cm³/mol. The third kappa shape index (κ3) is 4.18. The highest BCUT2D eigenvalue weighted by Gasteiger charge is 2.24. The van der Waals surface area contributed by atoms with E-state index in [0.29, 0.717) is 17.0 Å². The van der Waals surface area contributed by atoms with Gasteiger partial charge in [0.15, 0.2) is 0 Å². The number of benzene rings is 1. The number of hydrogen-bond donors (Lipinski definition) is 1. The van der Waals surface area contributed by atoms with E-state index in [1.54, 1.807) is 0 Å². The van der Waals surface area contributed by atoms with Crippen LogP contribution < -0.4 is 10.5 Å². The molecule has 1 saturated heterocycles. The third-order valence-electron chi connectivity index (χ3n) is 4.03. The van der Waals surface area contributed by atoms with E-state index >= 15 is 0 Å². The second kappa shape index (κ2) is 6.55. The molecule has 1 aromatic rings. The zero-order chi connectivity index (χ0) is 14.6. The van der Waals surface area contributed by atoms with E-state index in [9.17, 15) is 0 Å². The van der Waals surface area contributed by atoms with Crippen molar-refractivity contribution in [2.75, 3.05) is 26.2 Å². The van der Waals surface area contributed by atoms with E-state index < -0.39 is 0 Å². The minimum Gasteiger partial charge on any atom is -0.492 e. The number of hydrogen-bond acceptors (Lipinski definition) is 3. The molecule has 3 nitrogen and oxygen atoms in total. The zero-order valence-corrected chi connectivity index (χ0v) is 13.2. The second-order valence-electron chi connectivity index (χ2n) is 6.21. The molecule has 0 spiro atoms. The lowest BCUT2D eigenvalue weighted by Gasteiger charge is -2.36. The molecular weight excluding hydrogens is 268 g/mol. The first-order valence-electron chi connectivity index (χ1n) is 7.22. The largest absolute Gasteiger partial charge is 0.492 e. The average molecular weight is 292 g/mol. The van der Waals surface area contributed by atoms with Crippen molar-refractivity contribution in [1.29, 1.82) is 0 Å². The van der Waals surface area contributed by atoms with Crippen LogP contribution >= 0.6 is 12.2 Å². The van der Waals surface area contributed by atoms with E-state index in [0.717, 1.165) is 30.9 Å². The van der Waals surface area contributed by atoms with Crippen LogP contribution in [0.1, 0.15) is 32.3 Å². The topological polar surface area (TPSA) is 38.5 Å². The number of piperidine rings is 1. The quantitative estimate of drug-likeness (QED) is 0.847. The summed E-state index contributed by atoms with van der Waals surface area (Å²) in [6.45, 7) is 8.65. The van der Waals surface area contributed by atoms with Crippen molar-refractivity contribution in [3.8, 4) is 5.75 Å². The van der Waals surface area contributed by atoms with Crippen LogP contribution in [-0.4, -0.2) is 36.1 Å². The average Bonchev–Trinajstić information content (AvgIpc) is 2.41. The van der Waals surface area contributed by atoms with Crippen molar-refractivity contribution in [3.05, 3.63) is 29.8 Å². The van der Waals surface area contributed by atoms with Crippen LogP contribution in [0.3, 0.4) is 0 Å². The zero-order valence-electron chi connectivity index (χ0n) is 12.4. The molecule has 0 aromatic heterocycles. The summed E-state index contributed by atoms with van der Waals surface area (Å²) in [5, 5.41) is 0. The van der Waals surface area contributed by atoms with Gasteiger partial charge in [-0.2, -0.15) is 0 Å². The Bertz CT molecular complexity index is 463. The highest BCUT2D eigenvalue weighted by Crippen LogP contribution is 2.29. The van der Waals surface area contributed by atoms with Gasteiger partial charge in [0.25, 0.3) is 0 Å². The second-order valence-corrected chi connectivity index (χ2v) is 6.65. The predicted octanol–water partition coefficient (Wildman–Crippen LogP) is 2.82. The maximum atomic E-state index is 5.84. The number of likely N-dealkylation sites (tertiary alicyclic amines) is 1. The highest BCUT2D eigenvalue weighted by atomic mass is 32.1. The lowest BCUT2D eigenvalue weighted by atomic mass is 9.83. The van der Waals surface area contributed by atoms with Crippen LogP contribution in [0.4, 0.5) is 0 Å². The summed E-state index contributed by atoms with van der Waals surface area (Å²) >= 11 is 5.04. The smallest absolute Gasteiger partial charge is 0.129 e. The lowest BCUT2D eigenvalue weighted by molar-refractivity contribution is 0.116. The minimum atomic E-state index is 0.389. The molecule has 1 aliphatic heterocycles. The van der Waals surface area contributed by atoms with Crippen molar-refractivity contribution in [3.63, 3.8) is 0 Å². The summed E-state index contributed by atoms with van der Waals surface area (Å²) in [7, 11) is 0. The molecule has 110 valence electrons. The van der Waals surface area contributed by atoms with Gasteiger partial charge in [0.2, 0.25) is 0 Å². The van der Waals surface area contributed by atoms with Gasteiger partial charge in [-0.25, -0.2) is 0 Å². The van der Waals surface area contributed by atoms with E-state index in [1.807, 2.05) is 24.3 Å². The molecule has 0 aliphatic carbocycles. The van der Waals surface area contributed by atoms with E-state index in [4.69, 9.17) is 22.7 Å². The molecule has 1 aromatic carbocycles. The molecular formula is C16H24N2OS.